The molecule has 0 aromatic carbocycles. The maximum atomic E-state index is 0. The van der Waals surface area contributed by atoms with Gasteiger partial charge < -0.3 is 0 Å². The first-order chi connectivity index (χ1) is 0. The fraction of sp³-hybridized carbons (Fsp3) is 0. The van der Waals surface area contributed by atoms with Crippen LogP contribution in [0.5, 0.6) is 0 Å². The van der Waals surface area contributed by atoms with E-state index in [2.05, 4.69) is 0 Å². The summed E-state index contributed by atoms with van der Waals surface area (Å²) < 4.78 is 0. The Balaban J connectivity index is 0. The fourth-order valence-corrected chi connectivity index (χ4v) is 0. The van der Waals surface area contributed by atoms with Gasteiger partial charge in [-0.1, -0.05) is 0 Å². The monoisotopic (exact) mass is 734 g/mol. The van der Waals surface area contributed by atoms with Crippen LogP contribution in [0.2, 0.25) is 0 Å². The molecule has 6 heteroatoms. The zero-order valence-electron chi connectivity index (χ0n) is 1.81. The van der Waals surface area contributed by atoms with Crippen LogP contribution in [-0.2, 0) is 124 Å². The van der Waals surface area contributed by atoms with Gasteiger partial charge in [-0.05, 0) is 0 Å². The van der Waals surface area contributed by atoms with Crippen LogP contribution in [0.3, 0.4) is 0 Å². The van der Waals surface area contributed by atoms with Crippen molar-refractivity contribution in [3.8, 4) is 0 Å². The van der Waals surface area contributed by atoms with Crippen molar-refractivity contribution in [3.05, 3.63) is 0 Å². The Morgan fingerprint density at radius 3 is 0.500 bits per heavy atom. The molecule has 0 saturated carbocycles. The van der Waals surface area contributed by atoms with Crippen molar-refractivity contribution >= 4 is 0 Å². The second kappa shape index (κ2) is 36.0. The Kier molecular flexibility index (Phi) is 304. The van der Waals surface area contributed by atoms with E-state index in [4.69, 9.17) is 0 Å². The first-order valence-corrected chi connectivity index (χ1v) is 0. The summed E-state index contributed by atoms with van der Waals surface area (Å²) in [6, 6.07) is 0. The fourth-order valence-electron chi connectivity index (χ4n) is 0. The van der Waals surface area contributed by atoms with Crippen LogP contribution >= 0.6 is 0 Å². The molecule has 0 rings (SSSR count). The molecule has 6 radical (unpaired) electrons. The third kappa shape index (κ3) is 24.5. The van der Waals surface area contributed by atoms with Crippen molar-refractivity contribution in [3.63, 3.8) is 0 Å². The zero-order chi connectivity index (χ0) is 0. The molecule has 0 saturated heterocycles. The molecule has 0 aliphatic carbocycles. The topological polar surface area (TPSA) is 0 Å². The summed E-state index contributed by atoms with van der Waals surface area (Å²) in [5.74, 6) is 0. The SMILES string of the molecule is [Ag].[Ag].[Au].[Au].[Cu].[Cu]. The average molecular weight is 737 g/mol. The summed E-state index contributed by atoms with van der Waals surface area (Å²) in [7, 11) is 0. The standard InChI is InChI=1S/2Ag.2Au.2Cu. The Labute approximate surface area is 121 Å². The number of hydrogen-bond donors (Lipinski definition) is 0. The number of rotatable bonds is 0. The molecular weight excluding hydrogens is 737 g/mol. The van der Waals surface area contributed by atoms with Crippen molar-refractivity contribution in [1.29, 1.82) is 0 Å². The van der Waals surface area contributed by atoms with Gasteiger partial charge in [0, 0.05) is 124 Å². The molecule has 0 fully saturated rings. The number of hydrogen-bond acceptors (Lipinski definition) is 0. The molecule has 0 N–H and O–H groups in total. The van der Waals surface area contributed by atoms with Crippen molar-refractivity contribution in [2.75, 3.05) is 0 Å². The van der Waals surface area contributed by atoms with E-state index >= 15 is 0 Å². The van der Waals surface area contributed by atoms with Gasteiger partial charge in [0.25, 0.3) is 0 Å². The van der Waals surface area contributed by atoms with Crippen molar-refractivity contribution in [1.82, 2.24) is 0 Å². The van der Waals surface area contributed by atoms with Gasteiger partial charge in [-0.2, -0.15) is 0 Å². The van der Waals surface area contributed by atoms with Gasteiger partial charge in [0.15, 0.2) is 0 Å². The molecule has 0 aliphatic rings. The van der Waals surface area contributed by atoms with Gasteiger partial charge in [-0.3, -0.25) is 0 Å². The van der Waals surface area contributed by atoms with Gasteiger partial charge in [0.1, 0.15) is 0 Å². The van der Waals surface area contributed by atoms with Crippen LogP contribution in [0.4, 0.5) is 0 Å². The van der Waals surface area contributed by atoms with Gasteiger partial charge in [0.05, 0.1) is 0 Å². The third-order valence-electron chi connectivity index (χ3n) is 0. The van der Waals surface area contributed by atoms with E-state index in [1.807, 2.05) is 0 Å². The Hall–Kier alpha value is 4.00. The predicted molar refractivity (Wildman–Crippen MR) is 0 cm³/mol. The third-order valence-corrected chi connectivity index (χ3v) is 0. The largest absolute Gasteiger partial charge is 0 e. The molecule has 0 spiro atoms. The van der Waals surface area contributed by atoms with E-state index < -0.39 is 0 Å². The molecular formula is Ag2Au2Cu2. The van der Waals surface area contributed by atoms with Crippen LogP contribution < -0.4 is 0 Å². The molecule has 0 atom stereocenters. The molecule has 0 unspecified atom stereocenters. The van der Waals surface area contributed by atoms with Gasteiger partial charge in [-0.15, -0.1) is 0 Å². The molecule has 0 heterocycles. The van der Waals surface area contributed by atoms with Gasteiger partial charge in [0.2, 0.25) is 0 Å². The minimum absolute atomic E-state index is 0. The predicted octanol–water partition coefficient (Wildman–Crippen LogP) is -0.0150. The van der Waals surface area contributed by atoms with Crippen LogP contribution in [0.25, 0.3) is 0 Å². The van der Waals surface area contributed by atoms with Crippen molar-refractivity contribution < 1.29 is 124 Å². The molecule has 0 aliphatic heterocycles. The van der Waals surface area contributed by atoms with Crippen molar-refractivity contribution in [2.45, 2.75) is 0 Å². The summed E-state index contributed by atoms with van der Waals surface area (Å²) >= 11 is 0. The summed E-state index contributed by atoms with van der Waals surface area (Å²) in [5, 5.41) is 0. The van der Waals surface area contributed by atoms with E-state index in [-0.39, 0.29) is 124 Å². The van der Waals surface area contributed by atoms with E-state index in [9.17, 15) is 0 Å². The summed E-state index contributed by atoms with van der Waals surface area (Å²) in [5.41, 5.74) is 0. The Bertz CT molecular complexity index is 9.51. The first-order valence-electron chi connectivity index (χ1n) is 0. The summed E-state index contributed by atoms with van der Waals surface area (Å²) in [6.07, 6.45) is 0. The van der Waals surface area contributed by atoms with Crippen molar-refractivity contribution in [2.24, 2.45) is 0 Å². The quantitative estimate of drug-likeness (QED) is 0.308. The average Bonchev–Trinajstić information content (AvgIpc) is 0. The van der Waals surface area contributed by atoms with Crippen LogP contribution in [-0.4, -0.2) is 0 Å². The van der Waals surface area contributed by atoms with Gasteiger partial charge >= 0.3 is 0 Å². The second-order valence-electron chi connectivity index (χ2n) is 0. The minimum Gasteiger partial charge on any atom is 0 e. The molecule has 0 bridgehead atoms. The Morgan fingerprint density at radius 1 is 0.500 bits per heavy atom. The molecule has 6 heavy (non-hydrogen) atoms. The molecule has 0 amide bonds. The Morgan fingerprint density at radius 2 is 0.500 bits per heavy atom. The molecule has 0 aromatic rings. The molecule has 66 valence electrons. The van der Waals surface area contributed by atoms with Crippen LogP contribution in [0.1, 0.15) is 0 Å². The van der Waals surface area contributed by atoms with E-state index in [0.29, 0.717) is 0 Å². The first kappa shape index (κ1) is 50.6. The molecule has 0 nitrogen and oxygen atoms in total. The minimum atomic E-state index is 0. The maximum Gasteiger partial charge on any atom is 0 e. The van der Waals surface area contributed by atoms with Crippen LogP contribution in [0, 0.1) is 0 Å². The molecule has 0 aromatic heterocycles. The van der Waals surface area contributed by atoms with E-state index in [0.717, 1.165) is 0 Å². The summed E-state index contributed by atoms with van der Waals surface area (Å²) in [4.78, 5) is 0. The van der Waals surface area contributed by atoms with E-state index in [1.165, 1.54) is 0 Å². The normalized spacial score (nSPS) is 0. The smallest absolute Gasteiger partial charge is 0 e. The van der Waals surface area contributed by atoms with Gasteiger partial charge in [-0.25, -0.2) is 0 Å². The maximum absolute atomic E-state index is 0. The second-order valence-corrected chi connectivity index (χ2v) is 0. The summed E-state index contributed by atoms with van der Waals surface area (Å²) in [6.45, 7) is 0. The van der Waals surface area contributed by atoms with E-state index in [1.54, 1.807) is 0 Å². The zero-order valence-corrected chi connectivity index (χ0v) is 11.0. The van der Waals surface area contributed by atoms with Crippen LogP contribution in [0.15, 0.2) is 0 Å².